The van der Waals surface area contributed by atoms with Gasteiger partial charge in [0, 0.05) is 5.69 Å². The molecular weight excluding hydrogens is 230 g/mol. The first-order chi connectivity index (χ1) is 8.51. The van der Waals surface area contributed by atoms with Crippen molar-refractivity contribution in [3.63, 3.8) is 0 Å². The largest absolute Gasteiger partial charge is 0.409 e. The molecule has 0 heterocycles. The molecule has 0 fully saturated rings. The minimum atomic E-state index is -0.667. The quantitative estimate of drug-likeness (QED) is 0.329. The van der Waals surface area contributed by atoms with Crippen LogP contribution in [-0.4, -0.2) is 17.0 Å². The molecular formula is C13H19N3O2. The van der Waals surface area contributed by atoms with Gasteiger partial charge in [-0.05, 0) is 31.4 Å². The lowest BCUT2D eigenvalue weighted by molar-refractivity contribution is -0.117. The van der Waals surface area contributed by atoms with Gasteiger partial charge < -0.3 is 16.3 Å². The minimum absolute atomic E-state index is 0.0980. The van der Waals surface area contributed by atoms with E-state index in [-0.39, 0.29) is 11.7 Å². The van der Waals surface area contributed by atoms with Crippen LogP contribution < -0.4 is 11.1 Å². The van der Waals surface area contributed by atoms with E-state index in [4.69, 9.17) is 10.9 Å². The molecule has 0 bridgehead atoms. The first-order valence-corrected chi connectivity index (χ1v) is 5.88. The Balaban J connectivity index is 2.95. The number of amidine groups is 1. The number of rotatable bonds is 4. The Labute approximate surface area is 107 Å². The lowest BCUT2D eigenvalue weighted by Gasteiger charge is -2.15. The molecule has 0 saturated heterocycles. The summed E-state index contributed by atoms with van der Waals surface area (Å²) in [5.41, 5.74) is 8.29. The van der Waals surface area contributed by atoms with E-state index in [1.807, 2.05) is 32.0 Å². The van der Waals surface area contributed by atoms with Gasteiger partial charge in [0.15, 0.2) is 5.84 Å². The average molecular weight is 249 g/mol. The summed E-state index contributed by atoms with van der Waals surface area (Å²) < 4.78 is 0. The number of hydrogen-bond acceptors (Lipinski definition) is 3. The van der Waals surface area contributed by atoms with E-state index >= 15 is 0 Å². The molecule has 1 unspecified atom stereocenters. The van der Waals surface area contributed by atoms with Gasteiger partial charge in [-0.2, -0.15) is 0 Å². The van der Waals surface area contributed by atoms with Crippen molar-refractivity contribution >= 4 is 17.4 Å². The molecule has 18 heavy (non-hydrogen) atoms. The highest BCUT2D eigenvalue weighted by atomic mass is 16.4. The van der Waals surface area contributed by atoms with E-state index < -0.39 is 5.92 Å². The maximum atomic E-state index is 12.0. The molecule has 1 rings (SSSR count). The summed E-state index contributed by atoms with van der Waals surface area (Å²) in [5, 5.41) is 14.2. The standard InChI is InChI=1S/C13H19N3O2/c1-4-10-7-5-6-8(2)11(10)15-13(17)9(3)12(14)16-18/h5-7,9,18H,4H2,1-3H3,(H2,14,16)(H,15,17). The zero-order valence-electron chi connectivity index (χ0n) is 10.9. The summed E-state index contributed by atoms with van der Waals surface area (Å²) in [4.78, 5) is 12.0. The van der Waals surface area contributed by atoms with Crippen molar-refractivity contribution in [2.75, 3.05) is 5.32 Å². The van der Waals surface area contributed by atoms with Gasteiger partial charge in [0.25, 0.3) is 0 Å². The second-order valence-electron chi connectivity index (χ2n) is 4.20. The van der Waals surface area contributed by atoms with Crippen molar-refractivity contribution in [1.82, 2.24) is 0 Å². The van der Waals surface area contributed by atoms with Crippen LogP contribution in [0.4, 0.5) is 5.69 Å². The van der Waals surface area contributed by atoms with Crippen molar-refractivity contribution in [2.24, 2.45) is 16.8 Å². The Morgan fingerprint density at radius 3 is 2.78 bits per heavy atom. The SMILES string of the molecule is CCc1cccc(C)c1NC(=O)C(C)/C(N)=N/O. The molecule has 4 N–H and O–H groups in total. The summed E-state index contributed by atoms with van der Waals surface area (Å²) in [6.07, 6.45) is 0.829. The monoisotopic (exact) mass is 249 g/mol. The molecule has 0 radical (unpaired) electrons. The van der Waals surface area contributed by atoms with Gasteiger partial charge in [0.2, 0.25) is 5.91 Å². The molecule has 0 aliphatic rings. The van der Waals surface area contributed by atoms with Crippen molar-refractivity contribution in [1.29, 1.82) is 0 Å². The molecule has 0 aliphatic heterocycles. The number of aryl methyl sites for hydroxylation is 2. The normalized spacial score (nSPS) is 13.2. The smallest absolute Gasteiger partial charge is 0.234 e. The summed E-state index contributed by atoms with van der Waals surface area (Å²) in [6.45, 7) is 5.55. The number of hydrogen-bond donors (Lipinski definition) is 3. The lowest BCUT2D eigenvalue weighted by Crippen LogP contribution is -2.32. The molecule has 1 atom stereocenters. The number of carbonyl (C=O) groups is 1. The van der Waals surface area contributed by atoms with Crippen molar-refractivity contribution in [3.8, 4) is 0 Å². The number of nitrogens with zero attached hydrogens (tertiary/aromatic N) is 1. The first kappa shape index (κ1) is 14.0. The van der Waals surface area contributed by atoms with Gasteiger partial charge in [-0.15, -0.1) is 0 Å². The summed E-state index contributed by atoms with van der Waals surface area (Å²) in [5.74, 6) is -1.05. The number of benzene rings is 1. The van der Waals surface area contributed by atoms with Crippen LogP contribution in [0.3, 0.4) is 0 Å². The molecule has 98 valence electrons. The van der Waals surface area contributed by atoms with Crippen LogP contribution in [0.5, 0.6) is 0 Å². The highest BCUT2D eigenvalue weighted by Gasteiger charge is 2.19. The third kappa shape index (κ3) is 3.00. The fraction of sp³-hybridized carbons (Fsp3) is 0.385. The second kappa shape index (κ2) is 6.05. The Morgan fingerprint density at radius 2 is 2.22 bits per heavy atom. The number of para-hydroxylation sites is 1. The van der Waals surface area contributed by atoms with Crippen molar-refractivity contribution in [2.45, 2.75) is 27.2 Å². The Morgan fingerprint density at radius 1 is 1.56 bits per heavy atom. The molecule has 0 aromatic heterocycles. The van der Waals surface area contributed by atoms with Gasteiger partial charge in [0.05, 0.1) is 5.92 Å². The van der Waals surface area contributed by atoms with Crippen LogP contribution in [-0.2, 0) is 11.2 Å². The fourth-order valence-electron chi connectivity index (χ4n) is 1.65. The number of oxime groups is 1. The second-order valence-corrected chi connectivity index (χ2v) is 4.20. The average Bonchev–Trinajstić information content (AvgIpc) is 2.38. The summed E-state index contributed by atoms with van der Waals surface area (Å²) >= 11 is 0. The topological polar surface area (TPSA) is 87.7 Å². The van der Waals surface area contributed by atoms with Crippen LogP contribution in [0.1, 0.15) is 25.0 Å². The van der Waals surface area contributed by atoms with E-state index in [0.29, 0.717) is 0 Å². The molecule has 0 spiro atoms. The van der Waals surface area contributed by atoms with Crippen molar-refractivity contribution in [3.05, 3.63) is 29.3 Å². The molecule has 1 aromatic rings. The molecule has 0 saturated carbocycles. The van der Waals surface area contributed by atoms with Crippen LogP contribution in [0, 0.1) is 12.8 Å². The number of amides is 1. The van der Waals surface area contributed by atoms with E-state index in [0.717, 1.165) is 23.2 Å². The summed E-state index contributed by atoms with van der Waals surface area (Å²) in [6, 6.07) is 5.86. The van der Waals surface area contributed by atoms with E-state index in [1.54, 1.807) is 6.92 Å². The lowest BCUT2D eigenvalue weighted by atomic mass is 10.0. The molecule has 1 amide bonds. The van der Waals surface area contributed by atoms with Gasteiger partial charge in [0.1, 0.15) is 0 Å². The van der Waals surface area contributed by atoms with Crippen LogP contribution in [0.25, 0.3) is 0 Å². The summed E-state index contributed by atoms with van der Waals surface area (Å²) in [7, 11) is 0. The Bertz CT molecular complexity index is 469. The van der Waals surface area contributed by atoms with Crippen LogP contribution in [0.15, 0.2) is 23.4 Å². The third-order valence-electron chi connectivity index (χ3n) is 2.94. The van der Waals surface area contributed by atoms with E-state index in [9.17, 15) is 4.79 Å². The highest BCUT2D eigenvalue weighted by molar-refractivity contribution is 6.07. The highest BCUT2D eigenvalue weighted by Crippen LogP contribution is 2.21. The molecule has 5 nitrogen and oxygen atoms in total. The number of carbonyl (C=O) groups excluding carboxylic acids is 1. The first-order valence-electron chi connectivity index (χ1n) is 5.88. The number of nitrogens with two attached hydrogens (primary N) is 1. The van der Waals surface area contributed by atoms with Crippen LogP contribution >= 0.6 is 0 Å². The van der Waals surface area contributed by atoms with E-state index in [1.165, 1.54) is 0 Å². The maximum Gasteiger partial charge on any atom is 0.234 e. The number of nitrogens with one attached hydrogen (secondary N) is 1. The predicted octanol–water partition coefficient (Wildman–Crippen LogP) is 1.88. The van der Waals surface area contributed by atoms with Crippen molar-refractivity contribution < 1.29 is 10.0 Å². The van der Waals surface area contributed by atoms with Gasteiger partial charge in [-0.1, -0.05) is 30.3 Å². The Kier molecular flexibility index (Phi) is 4.71. The third-order valence-corrected chi connectivity index (χ3v) is 2.94. The molecule has 1 aromatic carbocycles. The van der Waals surface area contributed by atoms with Crippen LogP contribution in [0.2, 0.25) is 0 Å². The van der Waals surface area contributed by atoms with E-state index in [2.05, 4.69) is 10.5 Å². The fourth-order valence-corrected chi connectivity index (χ4v) is 1.65. The zero-order valence-corrected chi connectivity index (χ0v) is 10.9. The number of anilines is 1. The Hall–Kier alpha value is -2.04. The predicted molar refractivity (Wildman–Crippen MR) is 71.8 cm³/mol. The van der Waals surface area contributed by atoms with Gasteiger partial charge in [-0.25, -0.2) is 0 Å². The van der Waals surface area contributed by atoms with Gasteiger partial charge >= 0.3 is 0 Å². The molecule has 0 aliphatic carbocycles. The minimum Gasteiger partial charge on any atom is -0.409 e. The zero-order chi connectivity index (χ0) is 13.7. The van der Waals surface area contributed by atoms with Gasteiger partial charge in [-0.3, -0.25) is 4.79 Å². The molecule has 5 heteroatoms. The maximum absolute atomic E-state index is 12.0.